The van der Waals surface area contributed by atoms with Crippen LogP contribution >= 0.6 is 11.6 Å². The number of halogens is 1. The number of rotatable bonds is 6. The summed E-state index contributed by atoms with van der Waals surface area (Å²) in [6.45, 7) is 0.604. The van der Waals surface area contributed by atoms with Gasteiger partial charge in [-0.05, 0) is 25.0 Å². The Bertz CT molecular complexity index is 371. The number of anilines is 1. The lowest BCUT2D eigenvalue weighted by Crippen LogP contribution is -2.35. The molecule has 1 unspecified atom stereocenters. The van der Waals surface area contributed by atoms with E-state index in [1.807, 2.05) is 0 Å². The number of amides is 1. The van der Waals surface area contributed by atoms with Gasteiger partial charge in [-0.2, -0.15) is 0 Å². The van der Waals surface area contributed by atoms with E-state index in [1.165, 1.54) is 0 Å². The lowest BCUT2D eigenvalue weighted by molar-refractivity contribution is -0.117. The average Bonchev–Trinajstić information content (AvgIpc) is 2.32. The zero-order valence-electron chi connectivity index (χ0n) is 9.78. The fraction of sp³-hybridized carbons (Fsp3) is 0.417. The number of methoxy groups -OCH3 is 1. The third-order valence-electron chi connectivity index (χ3n) is 2.33. The molecule has 0 spiro atoms. The number of carbonyl (C=O) groups is 1. The van der Waals surface area contributed by atoms with E-state index < -0.39 is 6.04 Å². The van der Waals surface area contributed by atoms with Gasteiger partial charge in [0.1, 0.15) is 0 Å². The Kier molecular flexibility index (Phi) is 5.97. The van der Waals surface area contributed by atoms with Gasteiger partial charge >= 0.3 is 0 Å². The summed E-state index contributed by atoms with van der Waals surface area (Å²) >= 11 is 5.92. The minimum atomic E-state index is -0.540. The van der Waals surface area contributed by atoms with Crippen LogP contribution in [0.25, 0.3) is 0 Å². The van der Waals surface area contributed by atoms with Crippen molar-refractivity contribution in [1.82, 2.24) is 0 Å². The van der Waals surface area contributed by atoms with Gasteiger partial charge in [-0.25, -0.2) is 0 Å². The number of para-hydroxylation sites is 1. The van der Waals surface area contributed by atoms with Crippen molar-refractivity contribution in [3.63, 3.8) is 0 Å². The van der Waals surface area contributed by atoms with Crippen LogP contribution in [0.15, 0.2) is 24.3 Å². The lowest BCUT2D eigenvalue weighted by atomic mass is 10.1. The van der Waals surface area contributed by atoms with Crippen LogP contribution in [-0.2, 0) is 9.53 Å². The molecule has 4 nitrogen and oxygen atoms in total. The predicted molar refractivity (Wildman–Crippen MR) is 69.2 cm³/mol. The van der Waals surface area contributed by atoms with E-state index in [1.54, 1.807) is 31.4 Å². The highest BCUT2D eigenvalue weighted by Crippen LogP contribution is 2.20. The quantitative estimate of drug-likeness (QED) is 0.766. The minimum Gasteiger partial charge on any atom is -0.385 e. The first-order valence-corrected chi connectivity index (χ1v) is 5.83. The molecule has 0 aliphatic rings. The molecule has 1 aromatic carbocycles. The number of ether oxygens (including phenoxy) is 1. The average molecular weight is 257 g/mol. The molecule has 0 aromatic heterocycles. The second-order valence-electron chi connectivity index (χ2n) is 3.71. The van der Waals surface area contributed by atoms with Gasteiger partial charge in [-0.15, -0.1) is 0 Å². The first-order valence-electron chi connectivity index (χ1n) is 5.45. The van der Waals surface area contributed by atoms with E-state index in [4.69, 9.17) is 22.1 Å². The maximum Gasteiger partial charge on any atom is 0.241 e. The van der Waals surface area contributed by atoms with Gasteiger partial charge in [-0.3, -0.25) is 4.79 Å². The third kappa shape index (κ3) is 4.73. The highest BCUT2D eigenvalue weighted by Gasteiger charge is 2.13. The molecule has 0 aliphatic carbocycles. The Hall–Kier alpha value is -1.10. The summed E-state index contributed by atoms with van der Waals surface area (Å²) in [5, 5.41) is 3.20. The molecule has 1 rings (SSSR count). The van der Waals surface area contributed by atoms with Crippen LogP contribution < -0.4 is 11.1 Å². The van der Waals surface area contributed by atoms with E-state index >= 15 is 0 Å². The minimum absolute atomic E-state index is 0.228. The van der Waals surface area contributed by atoms with Crippen molar-refractivity contribution in [3.8, 4) is 0 Å². The standard InChI is InChI=1S/C12H17ClN2O2/c1-17-8-4-6-10(14)12(16)15-11-7-3-2-5-9(11)13/h2-3,5,7,10H,4,6,8,14H2,1H3,(H,15,16). The van der Waals surface area contributed by atoms with Gasteiger partial charge in [0.2, 0.25) is 5.91 Å². The first kappa shape index (κ1) is 14.0. The molecular weight excluding hydrogens is 240 g/mol. The molecule has 0 aliphatic heterocycles. The van der Waals surface area contributed by atoms with E-state index in [2.05, 4.69) is 5.32 Å². The van der Waals surface area contributed by atoms with Crippen LogP contribution in [0, 0.1) is 0 Å². The molecule has 0 saturated carbocycles. The number of benzene rings is 1. The van der Waals surface area contributed by atoms with Gasteiger partial charge in [0.05, 0.1) is 16.8 Å². The van der Waals surface area contributed by atoms with Crippen LogP contribution in [0.5, 0.6) is 0 Å². The van der Waals surface area contributed by atoms with Crippen LogP contribution in [-0.4, -0.2) is 25.7 Å². The number of nitrogens with one attached hydrogen (secondary N) is 1. The topological polar surface area (TPSA) is 64.3 Å². The molecular formula is C12H17ClN2O2. The van der Waals surface area contributed by atoms with Crippen molar-refractivity contribution in [2.24, 2.45) is 5.73 Å². The maximum absolute atomic E-state index is 11.7. The van der Waals surface area contributed by atoms with Crippen molar-refractivity contribution in [1.29, 1.82) is 0 Å². The third-order valence-corrected chi connectivity index (χ3v) is 2.66. The number of nitrogens with two attached hydrogens (primary N) is 1. The largest absolute Gasteiger partial charge is 0.385 e. The normalized spacial score (nSPS) is 12.2. The van der Waals surface area contributed by atoms with Gasteiger partial charge < -0.3 is 15.8 Å². The van der Waals surface area contributed by atoms with E-state index in [0.29, 0.717) is 23.7 Å². The summed E-state index contributed by atoms with van der Waals surface area (Å²) in [5.41, 5.74) is 6.33. The van der Waals surface area contributed by atoms with Crippen LogP contribution in [0.3, 0.4) is 0 Å². The molecule has 0 fully saturated rings. The molecule has 1 atom stereocenters. The Labute approximate surface area is 106 Å². The first-order chi connectivity index (χ1) is 8.15. The summed E-state index contributed by atoms with van der Waals surface area (Å²) < 4.78 is 4.90. The zero-order chi connectivity index (χ0) is 12.7. The predicted octanol–water partition coefficient (Wildman–Crippen LogP) is 2.03. The van der Waals surface area contributed by atoms with Crippen molar-refractivity contribution < 1.29 is 9.53 Å². The van der Waals surface area contributed by atoms with E-state index in [0.717, 1.165) is 6.42 Å². The molecule has 94 valence electrons. The molecule has 0 bridgehead atoms. The second kappa shape index (κ2) is 7.27. The number of hydrogen-bond donors (Lipinski definition) is 2. The van der Waals surface area contributed by atoms with Crippen LogP contribution in [0.2, 0.25) is 5.02 Å². The summed E-state index contributed by atoms with van der Waals surface area (Å²) in [6.07, 6.45) is 1.34. The molecule has 1 amide bonds. The zero-order valence-corrected chi connectivity index (χ0v) is 10.5. The molecule has 0 radical (unpaired) electrons. The number of hydrogen-bond acceptors (Lipinski definition) is 3. The molecule has 1 aromatic rings. The van der Waals surface area contributed by atoms with Crippen molar-refractivity contribution >= 4 is 23.2 Å². The van der Waals surface area contributed by atoms with Crippen LogP contribution in [0.4, 0.5) is 5.69 Å². The van der Waals surface area contributed by atoms with Gasteiger partial charge in [0.25, 0.3) is 0 Å². The Morgan fingerprint density at radius 3 is 2.88 bits per heavy atom. The molecule has 17 heavy (non-hydrogen) atoms. The Balaban J connectivity index is 2.46. The summed E-state index contributed by atoms with van der Waals surface area (Å²) in [4.78, 5) is 11.7. The summed E-state index contributed by atoms with van der Waals surface area (Å²) in [6, 6.07) is 6.52. The number of carbonyl (C=O) groups excluding carboxylic acids is 1. The summed E-state index contributed by atoms with van der Waals surface area (Å²) in [7, 11) is 1.62. The highest BCUT2D eigenvalue weighted by molar-refractivity contribution is 6.33. The molecule has 0 saturated heterocycles. The molecule has 3 N–H and O–H groups in total. The van der Waals surface area contributed by atoms with Crippen molar-refractivity contribution in [3.05, 3.63) is 29.3 Å². The Morgan fingerprint density at radius 1 is 1.53 bits per heavy atom. The fourth-order valence-corrected chi connectivity index (χ4v) is 1.55. The van der Waals surface area contributed by atoms with E-state index in [-0.39, 0.29) is 5.91 Å². The molecule has 5 heteroatoms. The highest BCUT2D eigenvalue weighted by atomic mass is 35.5. The molecule has 0 heterocycles. The smallest absolute Gasteiger partial charge is 0.241 e. The van der Waals surface area contributed by atoms with Crippen LogP contribution in [0.1, 0.15) is 12.8 Å². The maximum atomic E-state index is 11.7. The monoisotopic (exact) mass is 256 g/mol. The van der Waals surface area contributed by atoms with Crippen molar-refractivity contribution in [2.45, 2.75) is 18.9 Å². The van der Waals surface area contributed by atoms with E-state index in [9.17, 15) is 4.79 Å². The second-order valence-corrected chi connectivity index (χ2v) is 4.12. The Morgan fingerprint density at radius 2 is 2.24 bits per heavy atom. The fourth-order valence-electron chi connectivity index (χ4n) is 1.37. The van der Waals surface area contributed by atoms with Gasteiger partial charge in [-0.1, -0.05) is 23.7 Å². The van der Waals surface area contributed by atoms with Crippen molar-refractivity contribution in [2.75, 3.05) is 19.0 Å². The lowest BCUT2D eigenvalue weighted by Gasteiger charge is -2.12. The summed E-state index contributed by atoms with van der Waals surface area (Å²) in [5.74, 6) is -0.228. The SMILES string of the molecule is COCCCC(N)C(=O)Nc1ccccc1Cl. The van der Waals surface area contributed by atoms with Gasteiger partial charge in [0.15, 0.2) is 0 Å². The van der Waals surface area contributed by atoms with Gasteiger partial charge in [0, 0.05) is 13.7 Å².